The van der Waals surface area contributed by atoms with E-state index >= 15 is 0 Å². The lowest BCUT2D eigenvalue weighted by Crippen LogP contribution is -2.39. The quantitative estimate of drug-likeness (QED) is 0.701. The molecule has 2 atom stereocenters. The van der Waals surface area contributed by atoms with E-state index in [0.29, 0.717) is 13.0 Å². The van der Waals surface area contributed by atoms with Gasteiger partial charge >= 0.3 is 0 Å². The summed E-state index contributed by atoms with van der Waals surface area (Å²) >= 11 is 0. The smallest absolute Gasteiger partial charge is 0.223 e. The molecule has 0 aromatic rings. The Morgan fingerprint density at radius 1 is 1.61 bits per heavy atom. The maximum absolute atomic E-state index is 11.9. The molecule has 1 N–H and O–H groups in total. The van der Waals surface area contributed by atoms with Crippen LogP contribution in [0.2, 0.25) is 0 Å². The van der Waals surface area contributed by atoms with Gasteiger partial charge in [0.25, 0.3) is 0 Å². The SMILES string of the molecule is C=CCNC(=O)C(CC)CC(C)N1CCCC1=O. The molecule has 1 saturated heterocycles. The molecule has 4 nitrogen and oxygen atoms in total. The lowest BCUT2D eigenvalue weighted by atomic mass is 9.96. The maximum atomic E-state index is 11.9. The Kier molecular flexibility index (Phi) is 5.89. The minimum absolute atomic E-state index is 0.0200. The monoisotopic (exact) mass is 252 g/mol. The Hall–Kier alpha value is -1.32. The van der Waals surface area contributed by atoms with Gasteiger partial charge < -0.3 is 10.2 Å². The van der Waals surface area contributed by atoms with Crippen molar-refractivity contribution in [3.05, 3.63) is 12.7 Å². The molecule has 2 amide bonds. The van der Waals surface area contributed by atoms with Crippen LogP contribution >= 0.6 is 0 Å². The van der Waals surface area contributed by atoms with Gasteiger partial charge in [0.2, 0.25) is 11.8 Å². The van der Waals surface area contributed by atoms with Gasteiger partial charge in [-0.3, -0.25) is 9.59 Å². The summed E-state index contributed by atoms with van der Waals surface area (Å²) < 4.78 is 0. The van der Waals surface area contributed by atoms with Gasteiger partial charge in [-0.15, -0.1) is 6.58 Å². The first-order valence-corrected chi connectivity index (χ1v) is 6.78. The number of hydrogen-bond acceptors (Lipinski definition) is 2. The number of hydrogen-bond donors (Lipinski definition) is 1. The summed E-state index contributed by atoms with van der Waals surface area (Å²) in [6.45, 7) is 8.97. The first kappa shape index (κ1) is 14.7. The molecule has 0 saturated carbocycles. The third kappa shape index (κ3) is 3.86. The zero-order valence-corrected chi connectivity index (χ0v) is 11.4. The Morgan fingerprint density at radius 3 is 2.83 bits per heavy atom. The average molecular weight is 252 g/mol. The number of nitrogens with one attached hydrogen (secondary N) is 1. The lowest BCUT2D eigenvalue weighted by Gasteiger charge is -2.27. The van der Waals surface area contributed by atoms with Crippen molar-refractivity contribution in [3.8, 4) is 0 Å². The second kappa shape index (κ2) is 7.19. The van der Waals surface area contributed by atoms with Crippen molar-refractivity contribution in [1.82, 2.24) is 10.2 Å². The summed E-state index contributed by atoms with van der Waals surface area (Å²) in [5.74, 6) is 0.271. The Bertz CT molecular complexity index is 315. The van der Waals surface area contributed by atoms with Crippen molar-refractivity contribution in [2.24, 2.45) is 5.92 Å². The van der Waals surface area contributed by atoms with Gasteiger partial charge in [0.15, 0.2) is 0 Å². The molecule has 0 aliphatic carbocycles. The molecular formula is C14H24N2O2. The summed E-state index contributed by atoms with van der Waals surface area (Å²) in [6, 6.07) is 0.152. The summed E-state index contributed by atoms with van der Waals surface area (Å²) in [5, 5.41) is 2.83. The highest BCUT2D eigenvalue weighted by Gasteiger charge is 2.28. The van der Waals surface area contributed by atoms with Crippen LogP contribution in [0.15, 0.2) is 12.7 Å². The number of rotatable bonds is 7. The third-order valence-corrected chi connectivity index (χ3v) is 3.55. The van der Waals surface area contributed by atoms with Crippen molar-refractivity contribution in [2.45, 2.75) is 45.6 Å². The van der Waals surface area contributed by atoms with E-state index in [-0.39, 0.29) is 23.8 Å². The molecule has 1 fully saturated rings. The maximum Gasteiger partial charge on any atom is 0.223 e. The van der Waals surface area contributed by atoms with E-state index < -0.39 is 0 Å². The van der Waals surface area contributed by atoms with E-state index in [1.54, 1.807) is 6.08 Å². The number of amides is 2. The van der Waals surface area contributed by atoms with Crippen LogP contribution in [0, 0.1) is 5.92 Å². The Labute approximate surface area is 109 Å². The van der Waals surface area contributed by atoms with Crippen LogP contribution in [0.4, 0.5) is 0 Å². The largest absolute Gasteiger partial charge is 0.352 e. The van der Waals surface area contributed by atoms with Crippen LogP contribution in [0.25, 0.3) is 0 Å². The summed E-state index contributed by atoms with van der Waals surface area (Å²) in [5.41, 5.74) is 0. The highest BCUT2D eigenvalue weighted by atomic mass is 16.2. The molecule has 0 bridgehead atoms. The van der Waals surface area contributed by atoms with Gasteiger partial charge in [-0.05, 0) is 26.2 Å². The molecule has 1 aliphatic heterocycles. The highest BCUT2D eigenvalue weighted by Crippen LogP contribution is 2.20. The molecule has 2 unspecified atom stereocenters. The van der Waals surface area contributed by atoms with Crippen molar-refractivity contribution < 1.29 is 9.59 Å². The molecule has 102 valence electrons. The van der Waals surface area contributed by atoms with Crippen LogP contribution in [0.1, 0.15) is 39.5 Å². The minimum atomic E-state index is -0.0200. The van der Waals surface area contributed by atoms with Crippen LogP contribution < -0.4 is 5.32 Å². The highest BCUT2D eigenvalue weighted by molar-refractivity contribution is 5.80. The number of carbonyl (C=O) groups is 2. The van der Waals surface area contributed by atoms with E-state index in [2.05, 4.69) is 11.9 Å². The first-order valence-electron chi connectivity index (χ1n) is 6.78. The molecule has 18 heavy (non-hydrogen) atoms. The van der Waals surface area contributed by atoms with Gasteiger partial charge in [-0.25, -0.2) is 0 Å². The molecule has 1 rings (SSSR count). The molecule has 1 heterocycles. The normalized spacial score (nSPS) is 18.6. The zero-order valence-electron chi connectivity index (χ0n) is 11.4. The first-order chi connectivity index (χ1) is 8.60. The zero-order chi connectivity index (χ0) is 13.5. The van der Waals surface area contributed by atoms with Crippen molar-refractivity contribution in [1.29, 1.82) is 0 Å². The van der Waals surface area contributed by atoms with E-state index in [1.165, 1.54) is 0 Å². The van der Waals surface area contributed by atoms with Crippen molar-refractivity contribution in [3.63, 3.8) is 0 Å². The van der Waals surface area contributed by atoms with Crippen molar-refractivity contribution >= 4 is 11.8 Å². The fraction of sp³-hybridized carbons (Fsp3) is 0.714. The Balaban J connectivity index is 2.48. The third-order valence-electron chi connectivity index (χ3n) is 3.55. The second-order valence-corrected chi connectivity index (χ2v) is 4.91. The van der Waals surface area contributed by atoms with E-state index in [1.807, 2.05) is 18.7 Å². The van der Waals surface area contributed by atoms with E-state index in [0.717, 1.165) is 25.8 Å². The van der Waals surface area contributed by atoms with Crippen LogP contribution in [-0.2, 0) is 9.59 Å². The number of nitrogens with zero attached hydrogens (tertiary/aromatic N) is 1. The Morgan fingerprint density at radius 2 is 2.33 bits per heavy atom. The van der Waals surface area contributed by atoms with Crippen molar-refractivity contribution in [2.75, 3.05) is 13.1 Å². The molecule has 1 aliphatic rings. The average Bonchev–Trinajstić information content (AvgIpc) is 2.79. The number of likely N-dealkylation sites (tertiary alicyclic amines) is 1. The van der Waals surface area contributed by atoms with E-state index in [4.69, 9.17) is 0 Å². The van der Waals surface area contributed by atoms with Gasteiger partial charge in [0, 0.05) is 31.5 Å². The minimum Gasteiger partial charge on any atom is -0.352 e. The van der Waals surface area contributed by atoms with Gasteiger partial charge in [0.05, 0.1) is 0 Å². The van der Waals surface area contributed by atoms with Gasteiger partial charge in [0.1, 0.15) is 0 Å². The summed E-state index contributed by atoms with van der Waals surface area (Å²) in [6.07, 6.45) is 4.82. The predicted octanol–water partition coefficient (Wildman–Crippen LogP) is 1.72. The molecule has 0 aromatic carbocycles. The van der Waals surface area contributed by atoms with Crippen LogP contribution in [-0.4, -0.2) is 35.8 Å². The molecule has 0 spiro atoms. The van der Waals surface area contributed by atoms with E-state index in [9.17, 15) is 9.59 Å². The molecule has 0 radical (unpaired) electrons. The molecule has 4 heteroatoms. The standard InChI is InChI=1S/C14H24N2O2/c1-4-8-15-14(18)12(5-2)10-11(3)16-9-6-7-13(16)17/h4,11-12H,1,5-10H2,2-3H3,(H,15,18). The van der Waals surface area contributed by atoms with Crippen LogP contribution in [0.5, 0.6) is 0 Å². The van der Waals surface area contributed by atoms with Gasteiger partial charge in [-0.2, -0.15) is 0 Å². The van der Waals surface area contributed by atoms with Crippen LogP contribution in [0.3, 0.4) is 0 Å². The fourth-order valence-electron chi connectivity index (χ4n) is 2.45. The molecule has 0 aromatic heterocycles. The predicted molar refractivity (Wildman–Crippen MR) is 72.0 cm³/mol. The number of carbonyl (C=O) groups excluding carboxylic acids is 2. The lowest BCUT2D eigenvalue weighted by molar-refractivity contribution is -0.131. The second-order valence-electron chi connectivity index (χ2n) is 4.91. The fourth-order valence-corrected chi connectivity index (χ4v) is 2.45. The van der Waals surface area contributed by atoms with Gasteiger partial charge in [-0.1, -0.05) is 13.0 Å². The summed E-state index contributed by atoms with van der Waals surface area (Å²) in [4.78, 5) is 25.4. The summed E-state index contributed by atoms with van der Waals surface area (Å²) in [7, 11) is 0. The molecular weight excluding hydrogens is 228 g/mol. The topological polar surface area (TPSA) is 49.4 Å².